The molecule has 2 aromatic rings. The Hall–Kier alpha value is -2.16. The molecule has 0 radical (unpaired) electrons. The first-order valence-corrected chi connectivity index (χ1v) is 9.88. The van der Waals surface area contributed by atoms with Gasteiger partial charge in [0.15, 0.2) is 6.10 Å². The Morgan fingerprint density at radius 1 is 1.23 bits per heavy atom. The molecule has 0 saturated carbocycles. The van der Waals surface area contributed by atoms with Crippen LogP contribution in [0.25, 0.3) is 5.78 Å². The molecule has 0 bridgehead atoms. The summed E-state index contributed by atoms with van der Waals surface area (Å²) in [5.74, 6) is -0.0552. The second-order valence-electron chi connectivity index (χ2n) is 6.41. The molecular weight excluding hydrogens is 354 g/mol. The van der Waals surface area contributed by atoms with Gasteiger partial charge in [0.1, 0.15) is 0 Å². The Bertz CT molecular complexity index is 845. The Morgan fingerprint density at radius 2 is 1.92 bits per heavy atom. The number of amides is 1. The van der Waals surface area contributed by atoms with Gasteiger partial charge < -0.3 is 9.64 Å². The van der Waals surface area contributed by atoms with E-state index in [1.165, 1.54) is 11.8 Å². The number of aryl methyl sites for hydroxylation is 2. The van der Waals surface area contributed by atoms with Gasteiger partial charge in [-0.2, -0.15) is 4.98 Å². The van der Waals surface area contributed by atoms with E-state index >= 15 is 0 Å². The van der Waals surface area contributed by atoms with Crippen LogP contribution in [0.4, 0.5) is 0 Å². The van der Waals surface area contributed by atoms with Crippen molar-refractivity contribution >= 4 is 29.4 Å². The number of carbonyl (C=O) groups excluding carboxylic acids is 2. The average molecular weight is 377 g/mol. The van der Waals surface area contributed by atoms with Gasteiger partial charge in [-0.15, -0.1) is 5.10 Å². The van der Waals surface area contributed by atoms with Crippen LogP contribution in [0.5, 0.6) is 0 Å². The summed E-state index contributed by atoms with van der Waals surface area (Å²) in [5, 5.41) is 5.00. The van der Waals surface area contributed by atoms with Crippen molar-refractivity contribution in [1.82, 2.24) is 24.5 Å². The molecule has 0 unspecified atom stereocenters. The number of ether oxygens (including phenoxy) is 1. The Balaban J connectivity index is 1.73. The molecule has 3 rings (SSSR count). The van der Waals surface area contributed by atoms with Crippen molar-refractivity contribution < 1.29 is 14.3 Å². The van der Waals surface area contributed by atoms with E-state index in [-0.39, 0.29) is 12.3 Å². The minimum atomic E-state index is -0.771. The quantitative estimate of drug-likeness (QED) is 0.577. The lowest BCUT2D eigenvalue weighted by Gasteiger charge is -2.20. The zero-order valence-corrected chi connectivity index (χ0v) is 16.3. The fourth-order valence-electron chi connectivity index (χ4n) is 3.16. The van der Waals surface area contributed by atoms with E-state index in [0.29, 0.717) is 16.6 Å². The molecule has 2 aromatic heterocycles. The number of thioether (sulfide) groups is 1. The lowest BCUT2D eigenvalue weighted by Crippen LogP contribution is -2.38. The van der Waals surface area contributed by atoms with Gasteiger partial charge in [0.05, 0.1) is 6.42 Å². The van der Waals surface area contributed by atoms with Crippen LogP contribution < -0.4 is 0 Å². The highest BCUT2D eigenvalue weighted by Gasteiger charge is 2.26. The minimum absolute atomic E-state index is 0.0483. The number of rotatable bonds is 5. The van der Waals surface area contributed by atoms with Crippen molar-refractivity contribution in [3.63, 3.8) is 0 Å². The third-order valence-corrected chi connectivity index (χ3v) is 5.15. The van der Waals surface area contributed by atoms with E-state index in [9.17, 15) is 9.59 Å². The first-order chi connectivity index (χ1) is 12.4. The zero-order valence-electron chi connectivity index (χ0n) is 15.5. The van der Waals surface area contributed by atoms with Gasteiger partial charge in [-0.3, -0.25) is 9.59 Å². The number of aromatic nitrogens is 4. The van der Waals surface area contributed by atoms with Crippen LogP contribution in [-0.4, -0.2) is 61.8 Å². The van der Waals surface area contributed by atoms with Crippen molar-refractivity contribution in [2.75, 3.05) is 19.3 Å². The maximum Gasteiger partial charge on any atom is 0.311 e. The summed E-state index contributed by atoms with van der Waals surface area (Å²) in [6, 6.07) is 0. The van der Waals surface area contributed by atoms with Crippen molar-refractivity contribution in [3.05, 3.63) is 17.0 Å². The van der Waals surface area contributed by atoms with Gasteiger partial charge in [-0.25, -0.2) is 9.50 Å². The fraction of sp³-hybridized carbons (Fsp3) is 0.588. The average Bonchev–Trinajstić information content (AvgIpc) is 3.27. The standard InChI is InChI=1S/C17H23N5O3S/c1-10-13(11(2)22-16(18-10)19-17(20-22)26-4)9-14(23)25-12(3)15(24)21-7-5-6-8-21/h12H,5-9H2,1-4H3/t12-/m0/s1. The molecule has 1 saturated heterocycles. The lowest BCUT2D eigenvalue weighted by molar-refractivity contribution is -0.158. The highest BCUT2D eigenvalue weighted by Crippen LogP contribution is 2.18. The van der Waals surface area contributed by atoms with E-state index in [4.69, 9.17) is 4.74 Å². The van der Waals surface area contributed by atoms with Gasteiger partial charge >= 0.3 is 5.97 Å². The largest absolute Gasteiger partial charge is 0.452 e. The van der Waals surface area contributed by atoms with Crippen molar-refractivity contribution in [2.24, 2.45) is 0 Å². The van der Waals surface area contributed by atoms with Crippen LogP contribution in [0.1, 0.15) is 36.7 Å². The van der Waals surface area contributed by atoms with Crippen molar-refractivity contribution in [2.45, 2.75) is 51.3 Å². The van der Waals surface area contributed by atoms with Gasteiger partial charge in [0.25, 0.3) is 11.7 Å². The zero-order chi connectivity index (χ0) is 18.8. The summed E-state index contributed by atoms with van der Waals surface area (Å²) < 4.78 is 7.01. The van der Waals surface area contributed by atoms with Crippen LogP contribution in [0.15, 0.2) is 5.16 Å². The molecule has 1 fully saturated rings. The van der Waals surface area contributed by atoms with E-state index < -0.39 is 12.1 Å². The third kappa shape index (κ3) is 3.67. The predicted molar refractivity (Wildman–Crippen MR) is 97.1 cm³/mol. The normalized spacial score (nSPS) is 15.5. The smallest absolute Gasteiger partial charge is 0.311 e. The van der Waals surface area contributed by atoms with E-state index in [0.717, 1.165) is 37.2 Å². The third-order valence-electron chi connectivity index (χ3n) is 4.61. The molecule has 0 aliphatic carbocycles. The van der Waals surface area contributed by atoms with E-state index in [1.54, 1.807) is 16.3 Å². The molecule has 1 atom stereocenters. The maximum atomic E-state index is 12.4. The molecular formula is C17H23N5O3S. The molecule has 0 N–H and O–H groups in total. The summed E-state index contributed by atoms with van der Waals surface area (Å²) in [4.78, 5) is 35.2. The molecule has 3 heterocycles. The number of fused-ring (bicyclic) bond motifs is 1. The van der Waals surface area contributed by atoms with E-state index in [2.05, 4.69) is 15.1 Å². The fourth-order valence-corrected chi connectivity index (χ4v) is 3.50. The van der Waals surface area contributed by atoms with Crippen LogP contribution in [0.2, 0.25) is 0 Å². The second kappa shape index (κ2) is 7.61. The van der Waals surface area contributed by atoms with Crippen LogP contribution in [0, 0.1) is 13.8 Å². The molecule has 1 aliphatic rings. The second-order valence-corrected chi connectivity index (χ2v) is 7.19. The topological polar surface area (TPSA) is 89.7 Å². The van der Waals surface area contributed by atoms with E-state index in [1.807, 2.05) is 20.1 Å². The van der Waals surface area contributed by atoms with Crippen molar-refractivity contribution in [3.8, 4) is 0 Å². The molecule has 8 nitrogen and oxygen atoms in total. The van der Waals surface area contributed by atoms with Crippen LogP contribution >= 0.6 is 11.8 Å². The van der Waals surface area contributed by atoms with Gasteiger partial charge in [-0.05, 0) is 39.9 Å². The van der Waals surface area contributed by atoms with Gasteiger partial charge in [-0.1, -0.05) is 11.8 Å². The van der Waals surface area contributed by atoms with Crippen molar-refractivity contribution in [1.29, 1.82) is 0 Å². The molecule has 26 heavy (non-hydrogen) atoms. The highest BCUT2D eigenvalue weighted by atomic mass is 32.2. The van der Waals surface area contributed by atoms with Gasteiger partial charge in [0, 0.05) is 30.0 Å². The highest BCUT2D eigenvalue weighted by molar-refractivity contribution is 7.98. The monoisotopic (exact) mass is 377 g/mol. The first-order valence-electron chi connectivity index (χ1n) is 8.65. The summed E-state index contributed by atoms with van der Waals surface area (Å²) in [5.41, 5.74) is 2.27. The SMILES string of the molecule is CSc1nc2nc(C)c(CC(=O)O[C@@H](C)C(=O)N3CCCC3)c(C)n2n1. The lowest BCUT2D eigenvalue weighted by atomic mass is 10.1. The number of hydrogen-bond acceptors (Lipinski definition) is 7. The summed E-state index contributed by atoms with van der Waals surface area (Å²) in [6.45, 7) is 6.82. The summed E-state index contributed by atoms with van der Waals surface area (Å²) in [7, 11) is 0. The molecule has 9 heteroatoms. The molecule has 0 spiro atoms. The number of esters is 1. The maximum absolute atomic E-state index is 12.4. The minimum Gasteiger partial charge on any atom is -0.452 e. The number of likely N-dealkylation sites (tertiary alicyclic amines) is 1. The van der Waals surface area contributed by atoms with Crippen LogP contribution in [0.3, 0.4) is 0 Å². The Morgan fingerprint density at radius 3 is 2.58 bits per heavy atom. The Kier molecular flexibility index (Phi) is 5.45. The first kappa shape index (κ1) is 18.6. The summed E-state index contributed by atoms with van der Waals surface area (Å²) >= 11 is 1.44. The molecule has 1 aliphatic heterocycles. The predicted octanol–water partition coefficient (Wildman–Crippen LogP) is 1.56. The summed E-state index contributed by atoms with van der Waals surface area (Å²) in [6.07, 6.45) is 3.19. The number of hydrogen-bond donors (Lipinski definition) is 0. The number of carbonyl (C=O) groups is 2. The molecule has 0 aromatic carbocycles. The molecule has 140 valence electrons. The Labute approximate surface area is 156 Å². The van der Waals surface area contributed by atoms with Gasteiger partial charge in [0.2, 0.25) is 5.16 Å². The molecule has 1 amide bonds. The number of nitrogens with zero attached hydrogens (tertiary/aromatic N) is 5. The van der Waals surface area contributed by atoms with Crippen LogP contribution in [-0.2, 0) is 20.7 Å².